The summed E-state index contributed by atoms with van der Waals surface area (Å²) in [6.45, 7) is 10.5. The first-order chi connectivity index (χ1) is 14.3. The summed E-state index contributed by atoms with van der Waals surface area (Å²) in [5, 5.41) is 11.0. The van der Waals surface area contributed by atoms with Crippen molar-refractivity contribution < 1.29 is 14.6 Å². The molecular weight excluding hydrogens is 372 g/mol. The highest BCUT2D eigenvalue weighted by Crippen LogP contribution is 2.71. The molecule has 6 fully saturated rings. The largest absolute Gasteiger partial charge is 0.387 e. The summed E-state index contributed by atoms with van der Waals surface area (Å²) in [5.41, 5.74) is 0.964. The molecule has 4 saturated carbocycles. The van der Waals surface area contributed by atoms with Crippen molar-refractivity contribution >= 4 is 0 Å². The van der Waals surface area contributed by atoms with Gasteiger partial charge in [0.15, 0.2) is 5.79 Å². The van der Waals surface area contributed by atoms with Gasteiger partial charge in [-0.2, -0.15) is 0 Å². The van der Waals surface area contributed by atoms with E-state index in [2.05, 4.69) is 27.7 Å². The quantitative estimate of drug-likeness (QED) is 0.543. The maximum atomic E-state index is 11.0. The van der Waals surface area contributed by atoms with Crippen molar-refractivity contribution in [2.24, 2.45) is 52.3 Å². The summed E-state index contributed by atoms with van der Waals surface area (Å²) in [6.07, 6.45) is 13.4. The van der Waals surface area contributed by atoms with E-state index in [4.69, 9.17) is 9.47 Å². The summed E-state index contributed by atoms with van der Waals surface area (Å²) in [7, 11) is 0. The third-order valence-corrected chi connectivity index (χ3v) is 11.9. The first-order valence-corrected chi connectivity index (χ1v) is 13.3. The molecule has 0 amide bonds. The van der Waals surface area contributed by atoms with Crippen molar-refractivity contribution in [1.29, 1.82) is 0 Å². The SMILES string of the molecule is CC1CO[C@@]2(O[C@H]3C[C@H]4[C@@H]5CCC6CCCC[C@]6(C)[C@H]5CC[C@]4(C)[C@H]3[C@@H]2C)C(O)C1. The molecular formula is C27H44O3. The average Bonchev–Trinajstić information content (AvgIpc) is 3.16. The molecule has 6 aliphatic rings. The van der Waals surface area contributed by atoms with Gasteiger partial charge in [0, 0.05) is 5.92 Å². The zero-order valence-electron chi connectivity index (χ0n) is 19.7. The van der Waals surface area contributed by atoms with Gasteiger partial charge in [0.2, 0.25) is 0 Å². The Balaban J connectivity index is 1.28. The van der Waals surface area contributed by atoms with Crippen LogP contribution in [0.4, 0.5) is 0 Å². The molecule has 0 aromatic carbocycles. The summed E-state index contributed by atoms with van der Waals surface area (Å²) in [4.78, 5) is 0. The van der Waals surface area contributed by atoms with Crippen molar-refractivity contribution in [2.75, 3.05) is 6.61 Å². The topological polar surface area (TPSA) is 38.7 Å². The molecule has 0 radical (unpaired) electrons. The van der Waals surface area contributed by atoms with Crippen LogP contribution < -0.4 is 0 Å². The van der Waals surface area contributed by atoms with E-state index in [1.54, 1.807) is 0 Å². The Morgan fingerprint density at radius 1 is 0.867 bits per heavy atom. The predicted octanol–water partition coefficient (Wildman–Crippen LogP) is 5.79. The van der Waals surface area contributed by atoms with Crippen LogP contribution in [-0.4, -0.2) is 29.7 Å². The second-order valence-corrected chi connectivity index (χ2v) is 13.0. The maximum Gasteiger partial charge on any atom is 0.197 e. The molecule has 2 heterocycles. The molecule has 2 aliphatic heterocycles. The van der Waals surface area contributed by atoms with Crippen molar-refractivity contribution in [3.63, 3.8) is 0 Å². The number of aliphatic hydroxyl groups is 1. The third-order valence-electron chi connectivity index (χ3n) is 11.9. The molecule has 1 spiro atoms. The van der Waals surface area contributed by atoms with Crippen LogP contribution in [0.1, 0.15) is 91.9 Å². The minimum atomic E-state index is -0.736. The second-order valence-electron chi connectivity index (χ2n) is 13.0. The second kappa shape index (κ2) is 6.70. The van der Waals surface area contributed by atoms with Gasteiger partial charge in [0.05, 0.1) is 12.7 Å². The Hall–Kier alpha value is -0.120. The highest BCUT2D eigenvalue weighted by Gasteiger charge is 2.70. The van der Waals surface area contributed by atoms with Crippen LogP contribution in [0, 0.1) is 52.3 Å². The van der Waals surface area contributed by atoms with Gasteiger partial charge in [0.25, 0.3) is 0 Å². The molecule has 4 aliphatic carbocycles. The predicted molar refractivity (Wildman–Crippen MR) is 118 cm³/mol. The minimum Gasteiger partial charge on any atom is -0.387 e. The molecule has 3 heteroatoms. The van der Waals surface area contributed by atoms with Crippen LogP contribution in [0.3, 0.4) is 0 Å². The third kappa shape index (κ3) is 2.49. The molecule has 0 bridgehead atoms. The molecule has 6 rings (SSSR count). The van der Waals surface area contributed by atoms with Gasteiger partial charge >= 0.3 is 0 Å². The van der Waals surface area contributed by atoms with Gasteiger partial charge in [-0.25, -0.2) is 0 Å². The van der Waals surface area contributed by atoms with E-state index in [1.165, 1.54) is 57.8 Å². The number of ether oxygens (including phenoxy) is 2. The Kier molecular flexibility index (Phi) is 4.58. The van der Waals surface area contributed by atoms with E-state index < -0.39 is 11.9 Å². The van der Waals surface area contributed by atoms with E-state index in [9.17, 15) is 5.11 Å². The van der Waals surface area contributed by atoms with Crippen molar-refractivity contribution in [1.82, 2.24) is 0 Å². The molecule has 3 nitrogen and oxygen atoms in total. The number of fused-ring (bicyclic) bond motifs is 7. The molecule has 3 unspecified atom stereocenters. The number of hydrogen-bond donors (Lipinski definition) is 1. The fourth-order valence-electron chi connectivity index (χ4n) is 10.5. The normalized spacial score (nSPS) is 62.5. The monoisotopic (exact) mass is 416 g/mol. The van der Waals surface area contributed by atoms with Crippen LogP contribution in [0.15, 0.2) is 0 Å². The van der Waals surface area contributed by atoms with Gasteiger partial charge in [-0.1, -0.05) is 40.5 Å². The zero-order chi connectivity index (χ0) is 20.9. The van der Waals surface area contributed by atoms with Crippen molar-refractivity contribution in [3.05, 3.63) is 0 Å². The van der Waals surface area contributed by atoms with E-state index in [-0.39, 0.29) is 12.0 Å². The Morgan fingerprint density at radius 3 is 2.50 bits per heavy atom. The van der Waals surface area contributed by atoms with Gasteiger partial charge in [-0.15, -0.1) is 0 Å². The molecule has 12 atom stereocenters. The lowest BCUT2D eigenvalue weighted by Crippen LogP contribution is -2.57. The standard InChI is InChI=1S/C27H44O3/c1-16-13-23(28)27(29-15-16)17(2)24-22(30-27)14-21-19-9-8-18-7-5-6-11-25(18,3)20(19)10-12-26(21,24)4/h16-24,28H,5-15H2,1-4H3/t16?,17-,18?,19+,20-,21-,22-,23?,24-,25-,26-,27-/m0/s1. The van der Waals surface area contributed by atoms with Crippen LogP contribution in [-0.2, 0) is 9.47 Å². The summed E-state index contributed by atoms with van der Waals surface area (Å²) < 4.78 is 13.1. The fourth-order valence-corrected chi connectivity index (χ4v) is 10.5. The zero-order valence-corrected chi connectivity index (χ0v) is 19.7. The Morgan fingerprint density at radius 2 is 1.70 bits per heavy atom. The van der Waals surface area contributed by atoms with Crippen LogP contribution in [0.5, 0.6) is 0 Å². The van der Waals surface area contributed by atoms with Gasteiger partial charge in [0.1, 0.15) is 6.10 Å². The number of aliphatic hydroxyl groups excluding tert-OH is 1. The summed E-state index contributed by atoms with van der Waals surface area (Å²) in [5.74, 6) is 4.16. The van der Waals surface area contributed by atoms with Gasteiger partial charge < -0.3 is 14.6 Å². The van der Waals surface area contributed by atoms with Crippen LogP contribution in [0.2, 0.25) is 0 Å². The number of hydrogen-bond acceptors (Lipinski definition) is 3. The highest BCUT2D eigenvalue weighted by atomic mass is 16.7. The van der Waals surface area contributed by atoms with Crippen LogP contribution >= 0.6 is 0 Å². The lowest BCUT2D eigenvalue weighted by atomic mass is 9.44. The highest BCUT2D eigenvalue weighted by molar-refractivity contribution is 5.16. The fraction of sp³-hybridized carbons (Fsp3) is 1.00. The summed E-state index contributed by atoms with van der Waals surface area (Å²) >= 11 is 0. The average molecular weight is 417 g/mol. The molecule has 30 heavy (non-hydrogen) atoms. The summed E-state index contributed by atoms with van der Waals surface area (Å²) in [6, 6.07) is 0. The minimum absolute atomic E-state index is 0.286. The Labute approximate surface area is 183 Å². The van der Waals surface area contributed by atoms with Crippen molar-refractivity contribution in [3.8, 4) is 0 Å². The first-order valence-electron chi connectivity index (χ1n) is 13.3. The molecule has 1 N–H and O–H groups in total. The van der Waals surface area contributed by atoms with E-state index in [0.29, 0.717) is 22.7 Å². The smallest absolute Gasteiger partial charge is 0.197 e. The molecule has 2 saturated heterocycles. The first kappa shape index (κ1) is 20.5. The van der Waals surface area contributed by atoms with E-state index >= 15 is 0 Å². The lowest BCUT2D eigenvalue weighted by molar-refractivity contribution is -0.316. The van der Waals surface area contributed by atoms with Crippen LogP contribution in [0.25, 0.3) is 0 Å². The van der Waals surface area contributed by atoms with Gasteiger partial charge in [-0.3, -0.25) is 0 Å². The Bertz CT molecular complexity index is 694. The molecule has 170 valence electrons. The molecule has 0 aromatic heterocycles. The van der Waals surface area contributed by atoms with Gasteiger partial charge in [-0.05, 0) is 97.7 Å². The number of rotatable bonds is 0. The molecule has 0 aromatic rings. The van der Waals surface area contributed by atoms with E-state index in [0.717, 1.165) is 36.7 Å². The lowest BCUT2D eigenvalue weighted by Gasteiger charge is -2.61. The van der Waals surface area contributed by atoms with E-state index in [1.807, 2.05) is 0 Å². The maximum absolute atomic E-state index is 11.0. The van der Waals surface area contributed by atoms with Crippen molar-refractivity contribution in [2.45, 2.75) is 110 Å².